The number of carbonyl (C=O) groups excluding carboxylic acids is 1. The van der Waals surface area contributed by atoms with Crippen LogP contribution in [0.5, 0.6) is 0 Å². The summed E-state index contributed by atoms with van der Waals surface area (Å²) in [6.07, 6.45) is 6.98. The molecule has 31 heavy (non-hydrogen) atoms. The highest BCUT2D eigenvalue weighted by molar-refractivity contribution is 5.79. The van der Waals surface area contributed by atoms with Crippen LogP contribution < -0.4 is 5.32 Å². The smallest absolute Gasteiger partial charge is 0.408 e. The molecule has 2 fully saturated rings. The number of carbonyl (C=O) groups is 1. The summed E-state index contributed by atoms with van der Waals surface area (Å²) in [4.78, 5) is 12.6. The molecule has 1 N–H and O–H groups in total. The maximum Gasteiger partial charge on any atom is 0.408 e. The molecule has 0 heterocycles. The Morgan fingerprint density at radius 2 is 1.55 bits per heavy atom. The van der Waals surface area contributed by atoms with Gasteiger partial charge in [0.2, 0.25) is 5.92 Å². The molecule has 3 aliphatic carbocycles. The van der Waals surface area contributed by atoms with Crippen molar-refractivity contribution in [2.75, 3.05) is 6.61 Å². The third kappa shape index (κ3) is 3.48. The number of alkyl carbamates (subject to hydrolysis) is 1. The summed E-state index contributed by atoms with van der Waals surface area (Å²) >= 11 is 0. The number of hydrogen-bond acceptors (Lipinski definition) is 2. The van der Waals surface area contributed by atoms with E-state index in [1.807, 2.05) is 24.3 Å². The molecule has 5 rings (SSSR count). The van der Waals surface area contributed by atoms with Crippen molar-refractivity contribution in [3.05, 3.63) is 59.7 Å². The number of ether oxygens (including phenoxy) is 1. The van der Waals surface area contributed by atoms with Crippen molar-refractivity contribution in [2.24, 2.45) is 5.41 Å². The Labute approximate surface area is 181 Å². The van der Waals surface area contributed by atoms with Crippen LogP contribution in [0.2, 0.25) is 0 Å². The first-order valence-electron chi connectivity index (χ1n) is 10.8. The van der Waals surface area contributed by atoms with Gasteiger partial charge in [-0.1, -0.05) is 54.5 Å². The lowest BCUT2D eigenvalue weighted by Crippen LogP contribution is -2.62. The molecule has 1 spiro atoms. The van der Waals surface area contributed by atoms with Gasteiger partial charge in [-0.3, -0.25) is 0 Å². The van der Waals surface area contributed by atoms with Gasteiger partial charge >= 0.3 is 6.09 Å². The Hall–Kier alpha value is -2.87. The topological polar surface area (TPSA) is 38.3 Å². The average Bonchev–Trinajstić information content (AvgIpc) is 3.06. The van der Waals surface area contributed by atoms with Gasteiger partial charge in [0.25, 0.3) is 0 Å². The van der Waals surface area contributed by atoms with Crippen LogP contribution >= 0.6 is 0 Å². The Bertz CT molecular complexity index is 1010. The van der Waals surface area contributed by atoms with Crippen LogP contribution in [0, 0.1) is 17.8 Å². The molecule has 0 saturated heterocycles. The minimum Gasteiger partial charge on any atom is -0.449 e. The number of fused-ring (bicyclic) bond motifs is 3. The Morgan fingerprint density at radius 3 is 2.10 bits per heavy atom. The van der Waals surface area contributed by atoms with Crippen LogP contribution in [0.1, 0.15) is 55.6 Å². The predicted molar refractivity (Wildman–Crippen MR) is 115 cm³/mol. The molecule has 5 heteroatoms. The lowest BCUT2D eigenvalue weighted by atomic mass is 9.52. The van der Waals surface area contributed by atoms with Gasteiger partial charge in [0.15, 0.2) is 0 Å². The van der Waals surface area contributed by atoms with E-state index in [4.69, 9.17) is 11.2 Å². The van der Waals surface area contributed by atoms with Gasteiger partial charge in [0.1, 0.15) is 12.1 Å². The van der Waals surface area contributed by atoms with E-state index in [1.54, 1.807) is 0 Å². The maximum absolute atomic E-state index is 13.5. The normalized spacial score (nSPS) is 22.0. The molecule has 3 aliphatic rings. The zero-order valence-corrected chi connectivity index (χ0v) is 17.3. The average molecular weight is 421 g/mol. The van der Waals surface area contributed by atoms with Crippen LogP contribution in [-0.2, 0) is 4.74 Å². The van der Waals surface area contributed by atoms with E-state index in [1.165, 1.54) is 11.1 Å². The molecule has 2 aromatic rings. The zero-order valence-electron chi connectivity index (χ0n) is 17.3. The summed E-state index contributed by atoms with van der Waals surface area (Å²) < 4.78 is 32.7. The molecule has 0 bridgehead atoms. The second kappa shape index (κ2) is 7.09. The highest BCUT2D eigenvalue weighted by atomic mass is 19.3. The van der Waals surface area contributed by atoms with E-state index in [-0.39, 0.29) is 30.8 Å². The Balaban J connectivity index is 1.23. The fraction of sp³-hybridized carbons (Fsp3) is 0.423. The fourth-order valence-corrected chi connectivity index (χ4v) is 5.78. The number of rotatable bonds is 3. The Kier molecular flexibility index (Phi) is 4.58. The molecule has 0 aliphatic heterocycles. The zero-order chi connectivity index (χ0) is 21.7. The van der Waals surface area contributed by atoms with E-state index >= 15 is 0 Å². The summed E-state index contributed by atoms with van der Waals surface area (Å²) in [5.74, 6) is 0.108. The molecule has 0 atom stereocenters. The fourth-order valence-electron chi connectivity index (χ4n) is 5.78. The SMILES string of the molecule is C#CC1(NC(=O)OCC2c3ccccc3-c3ccccc32)CC2(CCC(F)(F)CC2)C1. The first-order valence-corrected chi connectivity index (χ1v) is 10.8. The van der Waals surface area contributed by atoms with Crippen molar-refractivity contribution >= 4 is 6.09 Å². The van der Waals surface area contributed by atoms with E-state index < -0.39 is 17.6 Å². The lowest BCUT2D eigenvalue weighted by molar-refractivity contribution is -0.103. The maximum atomic E-state index is 13.5. The van der Waals surface area contributed by atoms with Crippen molar-refractivity contribution in [2.45, 2.75) is 55.9 Å². The molecule has 3 nitrogen and oxygen atoms in total. The Morgan fingerprint density at radius 1 is 1.00 bits per heavy atom. The molecule has 0 unspecified atom stereocenters. The van der Waals surface area contributed by atoms with E-state index in [0.29, 0.717) is 25.7 Å². The molecule has 2 aromatic carbocycles. The third-order valence-electron chi connectivity index (χ3n) is 7.36. The lowest BCUT2D eigenvalue weighted by Gasteiger charge is -2.56. The van der Waals surface area contributed by atoms with Crippen LogP contribution in [0.4, 0.5) is 13.6 Å². The summed E-state index contributed by atoms with van der Waals surface area (Å²) in [6.45, 7) is 0.220. The van der Waals surface area contributed by atoms with E-state index in [9.17, 15) is 13.6 Å². The van der Waals surface area contributed by atoms with Crippen molar-refractivity contribution in [1.82, 2.24) is 5.32 Å². The second-order valence-electron chi connectivity index (χ2n) is 9.39. The number of terminal acetylenes is 1. The van der Waals surface area contributed by atoms with Gasteiger partial charge in [0.05, 0.1) is 0 Å². The van der Waals surface area contributed by atoms with Gasteiger partial charge in [-0.05, 0) is 53.4 Å². The minimum absolute atomic E-state index is 0.0201. The third-order valence-corrected chi connectivity index (χ3v) is 7.36. The van der Waals surface area contributed by atoms with Gasteiger partial charge < -0.3 is 10.1 Å². The van der Waals surface area contributed by atoms with Crippen LogP contribution in [0.3, 0.4) is 0 Å². The molecule has 160 valence electrons. The quantitative estimate of drug-likeness (QED) is 0.628. The van der Waals surface area contributed by atoms with Crippen LogP contribution in [-0.4, -0.2) is 24.2 Å². The number of amides is 1. The minimum atomic E-state index is -2.57. The second-order valence-corrected chi connectivity index (χ2v) is 9.39. The van der Waals surface area contributed by atoms with Crippen molar-refractivity contribution in [3.63, 3.8) is 0 Å². The van der Waals surface area contributed by atoms with Crippen LogP contribution in [0.25, 0.3) is 11.1 Å². The summed E-state index contributed by atoms with van der Waals surface area (Å²) in [5.41, 5.74) is 3.66. The number of halogens is 2. The highest BCUT2D eigenvalue weighted by Gasteiger charge is 2.57. The largest absolute Gasteiger partial charge is 0.449 e. The number of nitrogens with one attached hydrogen (secondary N) is 1. The molecular weight excluding hydrogens is 396 g/mol. The van der Waals surface area contributed by atoms with Gasteiger partial charge in [-0.25, -0.2) is 13.6 Å². The standard InChI is InChI=1S/C26H25F2NO2/c1-2-25(16-24(17-25)11-13-26(27,28)14-12-24)29-23(30)31-15-22-20-9-5-3-7-18(20)19-8-4-6-10-21(19)22/h1,3-10,22H,11-17H2,(H,29,30). The van der Waals surface area contributed by atoms with Crippen LogP contribution in [0.15, 0.2) is 48.5 Å². The number of benzene rings is 2. The summed E-state index contributed by atoms with van der Waals surface area (Å²) in [5, 5.41) is 2.86. The van der Waals surface area contributed by atoms with Gasteiger partial charge in [-0.2, -0.15) is 0 Å². The molecular formula is C26H25F2NO2. The molecule has 2 saturated carbocycles. The molecule has 1 amide bonds. The monoisotopic (exact) mass is 421 g/mol. The number of alkyl halides is 2. The summed E-state index contributed by atoms with van der Waals surface area (Å²) in [7, 11) is 0. The molecule has 0 aromatic heterocycles. The predicted octanol–water partition coefficient (Wildman–Crippen LogP) is 5.89. The van der Waals surface area contributed by atoms with Gasteiger partial charge in [0, 0.05) is 18.8 Å². The number of hydrogen-bond donors (Lipinski definition) is 1. The van der Waals surface area contributed by atoms with Crippen molar-refractivity contribution in [1.29, 1.82) is 0 Å². The van der Waals surface area contributed by atoms with E-state index in [0.717, 1.165) is 11.1 Å². The molecule has 0 radical (unpaired) electrons. The van der Waals surface area contributed by atoms with E-state index in [2.05, 4.69) is 35.5 Å². The highest BCUT2D eigenvalue weighted by Crippen LogP contribution is 2.58. The summed E-state index contributed by atoms with van der Waals surface area (Å²) in [6, 6.07) is 16.3. The first-order chi connectivity index (χ1) is 14.8. The first kappa shape index (κ1) is 20.1. The van der Waals surface area contributed by atoms with Gasteiger partial charge in [-0.15, -0.1) is 6.42 Å². The van der Waals surface area contributed by atoms with Crippen molar-refractivity contribution < 1.29 is 18.3 Å². The van der Waals surface area contributed by atoms with Crippen molar-refractivity contribution in [3.8, 4) is 23.5 Å².